The number of hydrogen-bond acceptors (Lipinski definition) is 3. The summed E-state index contributed by atoms with van der Waals surface area (Å²) in [5.74, 6) is 0. The lowest BCUT2D eigenvalue weighted by atomic mass is 9.64. The average Bonchev–Trinajstić information content (AvgIpc) is 1.47. The lowest BCUT2D eigenvalue weighted by molar-refractivity contribution is 0.753. The maximum atomic E-state index is 2.60. The molecule has 18 aromatic carbocycles. The molecule has 0 fully saturated rings. The van der Waals surface area contributed by atoms with Gasteiger partial charge in [0.15, 0.2) is 0 Å². The highest BCUT2D eigenvalue weighted by Gasteiger charge is 2.56. The zero-order chi connectivity index (χ0) is 72.0. The first-order valence-electron chi connectivity index (χ1n) is 38.5. The summed E-state index contributed by atoms with van der Waals surface area (Å²) in [5, 5.41) is 4.72. The molecule has 3 heterocycles. The van der Waals surface area contributed by atoms with E-state index in [4.69, 9.17) is 0 Å². The molecule has 3 spiro atoms. The van der Waals surface area contributed by atoms with Crippen LogP contribution in [-0.4, -0.2) is 0 Å². The van der Waals surface area contributed by atoms with E-state index in [0.29, 0.717) is 0 Å². The molecule has 24 rings (SSSR count). The normalized spacial score (nSPS) is 14.5. The maximum absolute atomic E-state index is 2.60. The predicted molar refractivity (Wildman–Crippen MR) is 454 cm³/mol. The minimum absolute atomic E-state index is 0.662. The van der Waals surface area contributed by atoms with Crippen LogP contribution in [0.3, 0.4) is 0 Å². The summed E-state index contributed by atoms with van der Waals surface area (Å²) in [6, 6.07) is 155. The van der Waals surface area contributed by atoms with E-state index in [1.807, 2.05) is 0 Å². The van der Waals surface area contributed by atoms with E-state index in [1.165, 1.54) is 178 Å². The second-order valence-corrected chi connectivity index (χ2v) is 30.2. The summed E-state index contributed by atoms with van der Waals surface area (Å²) < 4.78 is 0. The molecule has 0 bridgehead atoms. The van der Waals surface area contributed by atoms with Crippen LogP contribution in [-0.2, 0) is 16.2 Å². The van der Waals surface area contributed by atoms with Crippen molar-refractivity contribution in [3.05, 3.63) is 473 Å². The molecule has 110 heavy (non-hydrogen) atoms. The van der Waals surface area contributed by atoms with E-state index >= 15 is 0 Å². The quantitative estimate of drug-likeness (QED) is 0.154. The number of hydrogen-bond donors (Lipinski definition) is 0. The molecule has 0 atom stereocenters. The van der Waals surface area contributed by atoms with Gasteiger partial charge in [0.2, 0.25) is 0 Å². The van der Waals surface area contributed by atoms with Crippen molar-refractivity contribution in [3.63, 3.8) is 0 Å². The van der Waals surface area contributed by atoms with Gasteiger partial charge >= 0.3 is 0 Å². The smallest absolute Gasteiger partial charge is 0.0754 e. The van der Waals surface area contributed by atoms with Gasteiger partial charge in [-0.15, -0.1) is 0 Å². The standard InChI is InChI=1S/C107H67N3/c1-4-33-68(34-5-1)108-96-62-23-18-54-88(96)106(89-55-19-24-63-97(89)108)86-52-16-12-41-79(86)102-75(47-30-59-93(102)106)71-43-28-45-77-82(71)67-83-72(76-48-31-60-94-103(76)80-42-13-17-53-87(80)107(94)90-56-20-25-64-98(90)109(69-35-6-2-7-36-69)99-65-26-21-57-91(99)107)44-29-46-78(83)101(77)81-49-32-61-95-104(81)110(70-37-8-3-9-38-70)100-66-27-22-58-92(100)105(95)84-50-14-10-39-73(84)74-40-11-15-51-85(74)105/h1-67H. The van der Waals surface area contributed by atoms with Gasteiger partial charge in [-0.3, -0.25) is 0 Å². The Balaban J connectivity index is 0.824. The molecule has 0 unspecified atom stereocenters. The van der Waals surface area contributed by atoms with Gasteiger partial charge in [0.05, 0.1) is 50.4 Å². The highest BCUT2D eigenvalue weighted by Crippen LogP contribution is 2.70. The summed E-state index contributed by atoms with van der Waals surface area (Å²) >= 11 is 0. The lowest BCUT2D eigenvalue weighted by Gasteiger charge is -2.46. The zero-order valence-corrected chi connectivity index (χ0v) is 60.0. The molecule has 3 heteroatoms. The molecule has 3 nitrogen and oxygen atoms in total. The number of rotatable bonds is 6. The zero-order valence-electron chi connectivity index (χ0n) is 60.0. The predicted octanol–water partition coefficient (Wildman–Crippen LogP) is 27.4. The van der Waals surface area contributed by atoms with Crippen LogP contribution in [0, 0.1) is 0 Å². The molecular weight excluding hydrogens is 1330 g/mol. The topological polar surface area (TPSA) is 9.72 Å². The summed E-state index contributed by atoms with van der Waals surface area (Å²) in [4.78, 5) is 7.56. The first kappa shape index (κ1) is 61.1. The Kier molecular flexibility index (Phi) is 12.7. The second-order valence-electron chi connectivity index (χ2n) is 30.2. The third-order valence-electron chi connectivity index (χ3n) is 25.4. The van der Waals surface area contributed by atoms with Crippen molar-refractivity contribution in [3.8, 4) is 66.8 Å². The minimum Gasteiger partial charge on any atom is -0.310 e. The first-order valence-corrected chi connectivity index (χ1v) is 38.5. The molecule has 3 aliphatic carbocycles. The van der Waals surface area contributed by atoms with Crippen molar-refractivity contribution in [1.29, 1.82) is 0 Å². The van der Waals surface area contributed by atoms with Crippen LogP contribution in [0.2, 0.25) is 0 Å². The number of nitrogens with zero attached hydrogens (tertiary/aromatic N) is 3. The largest absolute Gasteiger partial charge is 0.310 e. The molecule has 0 radical (unpaired) electrons. The molecule has 0 N–H and O–H groups in total. The summed E-state index contributed by atoms with van der Waals surface area (Å²) in [6.07, 6.45) is 0. The fourth-order valence-electron chi connectivity index (χ4n) is 21.6. The third-order valence-corrected chi connectivity index (χ3v) is 25.4. The van der Waals surface area contributed by atoms with Crippen molar-refractivity contribution in [1.82, 2.24) is 0 Å². The molecule has 3 aliphatic heterocycles. The van der Waals surface area contributed by atoms with Crippen LogP contribution in [0.1, 0.15) is 66.8 Å². The monoisotopic (exact) mass is 1390 g/mol. The SMILES string of the molecule is c1ccc(N2c3ccccc3C3(c4ccccc4-c4c(-c5cccc6c(-c7cccc8c7N(c7ccccc7)c7ccccc7C87c8ccccc8-c8ccccc87)c7cccc(-c8cccc9c8-c8ccccc8C98c9ccccc9N(c9ccccc9)c9ccccc98)c7cc56)cccc43)c3ccccc32)cc1. The Morgan fingerprint density at radius 1 is 0.145 bits per heavy atom. The van der Waals surface area contributed by atoms with Gasteiger partial charge in [-0.25, -0.2) is 0 Å². The number of fused-ring (bicyclic) bond motifs is 29. The van der Waals surface area contributed by atoms with Gasteiger partial charge in [-0.05, 0) is 222 Å². The summed E-state index contributed by atoms with van der Waals surface area (Å²) in [6.45, 7) is 0. The van der Waals surface area contributed by atoms with Crippen molar-refractivity contribution >= 4 is 72.7 Å². The average molecular weight is 1390 g/mol. The van der Waals surface area contributed by atoms with Gasteiger partial charge < -0.3 is 14.7 Å². The first-order chi connectivity index (χ1) is 54.7. The molecule has 0 amide bonds. The molecule has 510 valence electrons. The maximum Gasteiger partial charge on any atom is 0.0754 e. The van der Waals surface area contributed by atoms with Crippen LogP contribution < -0.4 is 14.7 Å². The Labute approximate surface area is 639 Å². The fraction of sp³-hybridized carbons (Fsp3) is 0.0280. The molecule has 0 saturated heterocycles. The van der Waals surface area contributed by atoms with Crippen LogP contribution in [0.15, 0.2) is 406 Å². The Bertz CT molecular complexity index is 6510. The van der Waals surface area contributed by atoms with Gasteiger partial charge in [0.25, 0.3) is 0 Å². The summed E-state index contributed by atoms with van der Waals surface area (Å²) in [5.41, 5.74) is 38.3. The van der Waals surface area contributed by atoms with Gasteiger partial charge in [-0.1, -0.05) is 334 Å². The van der Waals surface area contributed by atoms with Crippen LogP contribution in [0.4, 0.5) is 51.2 Å². The number of benzene rings is 18. The molecule has 18 aromatic rings. The Morgan fingerprint density at radius 2 is 0.400 bits per heavy atom. The van der Waals surface area contributed by atoms with E-state index < -0.39 is 16.2 Å². The number of para-hydroxylation sites is 9. The van der Waals surface area contributed by atoms with E-state index in [1.54, 1.807) is 0 Å². The van der Waals surface area contributed by atoms with Crippen molar-refractivity contribution in [2.24, 2.45) is 0 Å². The molecule has 0 aromatic heterocycles. The van der Waals surface area contributed by atoms with Crippen LogP contribution in [0.5, 0.6) is 0 Å². The third kappa shape index (κ3) is 7.77. The summed E-state index contributed by atoms with van der Waals surface area (Å²) in [7, 11) is 0. The van der Waals surface area contributed by atoms with Gasteiger partial charge in [-0.2, -0.15) is 0 Å². The van der Waals surface area contributed by atoms with Crippen LogP contribution in [0.25, 0.3) is 88.3 Å². The van der Waals surface area contributed by atoms with E-state index in [0.717, 1.165) is 28.3 Å². The van der Waals surface area contributed by atoms with E-state index in [2.05, 4.69) is 421 Å². The molecule has 6 aliphatic rings. The van der Waals surface area contributed by atoms with E-state index in [-0.39, 0.29) is 0 Å². The highest BCUT2D eigenvalue weighted by atomic mass is 15.2. The van der Waals surface area contributed by atoms with E-state index in [9.17, 15) is 0 Å². The van der Waals surface area contributed by atoms with Crippen molar-refractivity contribution in [2.75, 3.05) is 14.7 Å². The highest BCUT2D eigenvalue weighted by molar-refractivity contribution is 6.23. The van der Waals surface area contributed by atoms with Gasteiger partial charge in [0.1, 0.15) is 0 Å². The van der Waals surface area contributed by atoms with Crippen molar-refractivity contribution in [2.45, 2.75) is 16.2 Å². The number of anilines is 9. The Morgan fingerprint density at radius 3 is 0.791 bits per heavy atom. The van der Waals surface area contributed by atoms with Crippen LogP contribution >= 0.6 is 0 Å². The Hall–Kier alpha value is -14.1. The van der Waals surface area contributed by atoms with Crippen molar-refractivity contribution < 1.29 is 0 Å². The lowest BCUT2D eigenvalue weighted by Crippen LogP contribution is -2.36. The fourth-order valence-corrected chi connectivity index (χ4v) is 21.6. The molecular formula is C107H67N3. The molecule has 0 saturated carbocycles. The second kappa shape index (κ2) is 23.0. The minimum atomic E-state index is -0.679. The van der Waals surface area contributed by atoms with Gasteiger partial charge in [0, 0.05) is 22.6 Å².